The molecular weight excluding hydrogens is 226 g/mol. The van der Waals surface area contributed by atoms with Crippen molar-refractivity contribution >= 4 is 16.2 Å². The molecule has 0 aliphatic heterocycles. The Morgan fingerprint density at radius 2 is 2.13 bits per heavy atom. The molecule has 0 aliphatic carbocycles. The molecule has 0 saturated carbocycles. The maximum Gasteiger partial charge on any atom is 0.321 e. The Labute approximate surface area is 88.0 Å². The number of nitrogens with two attached hydrogens (primary N) is 2. The van der Waals surface area contributed by atoms with Gasteiger partial charge in [0.1, 0.15) is 6.04 Å². The molecule has 90 valence electrons. The summed E-state index contributed by atoms with van der Waals surface area (Å²) >= 11 is 0. The second-order valence-corrected chi connectivity index (χ2v) is 4.39. The lowest BCUT2D eigenvalue weighted by Gasteiger charge is -2.20. The van der Waals surface area contributed by atoms with Crippen LogP contribution in [0.3, 0.4) is 0 Å². The summed E-state index contributed by atoms with van der Waals surface area (Å²) in [7, 11) is -2.57. The molecule has 0 radical (unpaired) electrons. The first kappa shape index (κ1) is 14.3. The number of carbonyl (C=O) groups is 1. The minimum atomic E-state index is -3.96. The lowest BCUT2D eigenvalue weighted by atomic mass is 10.3. The van der Waals surface area contributed by atoms with Crippen molar-refractivity contribution < 1.29 is 23.1 Å². The highest BCUT2D eigenvalue weighted by atomic mass is 32.2. The average Bonchev–Trinajstić information content (AvgIpc) is 2.09. The Kier molecular flexibility index (Phi) is 5.68. The van der Waals surface area contributed by atoms with Crippen molar-refractivity contribution in [3.8, 4) is 0 Å². The molecule has 0 aromatic heterocycles. The molecule has 0 aliphatic rings. The van der Waals surface area contributed by atoms with E-state index in [0.29, 0.717) is 0 Å². The Bertz CT molecular complexity index is 304. The largest absolute Gasteiger partial charge is 0.480 e. The van der Waals surface area contributed by atoms with Crippen molar-refractivity contribution in [2.45, 2.75) is 6.04 Å². The van der Waals surface area contributed by atoms with E-state index in [0.717, 1.165) is 4.31 Å². The lowest BCUT2D eigenvalue weighted by Crippen LogP contribution is -2.48. The number of nitrogens with zero attached hydrogens (tertiary/aromatic N) is 1. The van der Waals surface area contributed by atoms with Crippen molar-refractivity contribution in [2.75, 3.05) is 26.8 Å². The molecule has 0 saturated heterocycles. The molecule has 0 rings (SSSR count). The van der Waals surface area contributed by atoms with Crippen molar-refractivity contribution in [1.29, 1.82) is 0 Å². The van der Waals surface area contributed by atoms with Gasteiger partial charge in [0, 0.05) is 20.2 Å². The van der Waals surface area contributed by atoms with Crippen LogP contribution < -0.4 is 10.9 Å². The zero-order chi connectivity index (χ0) is 12.1. The quantitative estimate of drug-likeness (QED) is 0.452. The average molecular weight is 241 g/mol. The molecule has 9 heteroatoms. The third kappa shape index (κ3) is 5.64. The van der Waals surface area contributed by atoms with Crippen LogP contribution in [-0.4, -0.2) is 56.6 Å². The summed E-state index contributed by atoms with van der Waals surface area (Å²) in [6.45, 7) is -0.295. The molecule has 5 N–H and O–H groups in total. The Morgan fingerprint density at radius 3 is 2.47 bits per heavy atom. The smallest absolute Gasteiger partial charge is 0.321 e. The van der Waals surface area contributed by atoms with E-state index < -0.39 is 22.2 Å². The van der Waals surface area contributed by atoms with E-state index in [9.17, 15) is 13.2 Å². The van der Waals surface area contributed by atoms with Gasteiger partial charge in [0.2, 0.25) is 0 Å². The van der Waals surface area contributed by atoms with Gasteiger partial charge in [-0.2, -0.15) is 12.7 Å². The molecule has 0 heterocycles. The highest BCUT2D eigenvalue weighted by Crippen LogP contribution is 1.96. The van der Waals surface area contributed by atoms with E-state index in [1.165, 1.54) is 7.11 Å². The van der Waals surface area contributed by atoms with Gasteiger partial charge in [-0.05, 0) is 0 Å². The molecule has 0 bridgehead atoms. The van der Waals surface area contributed by atoms with E-state index in [2.05, 4.69) is 4.74 Å². The van der Waals surface area contributed by atoms with Crippen LogP contribution in [0.4, 0.5) is 0 Å². The molecule has 0 amide bonds. The second-order valence-electron chi connectivity index (χ2n) is 2.84. The standard InChI is InChI=1S/C6H15N3O5S/c1-14-3-2-9(15(8,12)13)4-5(7)6(10)11/h5H,2-4,7H2,1H3,(H,10,11)(H2,8,12,13)/t5-/m0/s1. The fourth-order valence-corrected chi connectivity index (χ4v) is 1.51. The first-order chi connectivity index (χ1) is 6.79. The van der Waals surface area contributed by atoms with E-state index in [-0.39, 0.29) is 19.7 Å². The normalized spacial score (nSPS) is 14.1. The van der Waals surface area contributed by atoms with Crippen LogP contribution >= 0.6 is 0 Å². The van der Waals surface area contributed by atoms with Crippen molar-refractivity contribution in [3.63, 3.8) is 0 Å². The van der Waals surface area contributed by atoms with Crippen molar-refractivity contribution in [2.24, 2.45) is 10.9 Å². The van der Waals surface area contributed by atoms with E-state index >= 15 is 0 Å². The fourth-order valence-electron chi connectivity index (χ4n) is 0.813. The molecule has 0 fully saturated rings. The number of hydrogen-bond donors (Lipinski definition) is 3. The van der Waals surface area contributed by atoms with Crippen LogP contribution in [0.5, 0.6) is 0 Å². The minimum absolute atomic E-state index is 0.0314. The Hall–Kier alpha value is -0.740. The summed E-state index contributed by atoms with van der Waals surface area (Å²) in [5.74, 6) is -1.29. The number of methoxy groups -OCH3 is 1. The minimum Gasteiger partial charge on any atom is -0.480 e. The maximum absolute atomic E-state index is 11.0. The highest BCUT2D eigenvalue weighted by molar-refractivity contribution is 7.86. The third-order valence-electron chi connectivity index (χ3n) is 1.62. The van der Waals surface area contributed by atoms with Crippen LogP contribution in [0.25, 0.3) is 0 Å². The summed E-state index contributed by atoms with van der Waals surface area (Å²) in [5.41, 5.74) is 5.18. The predicted octanol–water partition coefficient (Wildman–Crippen LogP) is -2.45. The molecule has 8 nitrogen and oxygen atoms in total. The first-order valence-corrected chi connectivity index (χ1v) is 5.54. The number of hydrogen-bond acceptors (Lipinski definition) is 5. The van der Waals surface area contributed by atoms with Gasteiger partial charge in [-0.25, -0.2) is 5.14 Å². The Morgan fingerprint density at radius 1 is 1.60 bits per heavy atom. The SMILES string of the molecule is COCCN(C[C@H](N)C(=O)O)S(N)(=O)=O. The molecule has 1 atom stereocenters. The number of ether oxygens (including phenoxy) is 1. The van der Waals surface area contributed by atoms with Gasteiger partial charge in [0.15, 0.2) is 0 Å². The molecular formula is C6H15N3O5S. The summed E-state index contributed by atoms with van der Waals surface area (Å²) < 4.78 is 27.4. The molecule has 15 heavy (non-hydrogen) atoms. The summed E-state index contributed by atoms with van der Waals surface area (Å²) in [6.07, 6.45) is 0. The number of rotatable bonds is 7. The lowest BCUT2D eigenvalue weighted by molar-refractivity contribution is -0.138. The van der Waals surface area contributed by atoms with Crippen LogP contribution in [0.1, 0.15) is 0 Å². The summed E-state index contributed by atoms with van der Waals surface area (Å²) in [5, 5.41) is 13.4. The van der Waals surface area contributed by atoms with Crippen LogP contribution in [-0.2, 0) is 19.7 Å². The zero-order valence-corrected chi connectivity index (χ0v) is 9.11. The summed E-state index contributed by atoms with van der Waals surface area (Å²) in [6, 6.07) is -1.31. The van der Waals surface area contributed by atoms with Crippen molar-refractivity contribution in [1.82, 2.24) is 4.31 Å². The fraction of sp³-hybridized carbons (Fsp3) is 0.833. The monoisotopic (exact) mass is 241 g/mol. The molecule has 0 aromatic carbocycles. The van der Waals surface area contributed by atoms with Gasteiger partial charge in [-0.15, -0.1) is 0 Å². The third-order valence-corrected chi connectivity index (χ3v) is 2.67. The zero-order valence-electron chi connectivity index (χ0n) is 8.29. The highest BCUT2D eigenvalue weighted by Gasteiger charge is 2.23. The summed E-state index contributed by atoms with van der Waals surface area (Å²) in [4.78, 5) is 10.4. The number of carboxylic acid groups (broad SMARTS) is 1. The molecule has 0 unspecified atom stereocenters. The van der Waals surface area contributed by atoms with Gasteiger partial charge >= 0.3 is 5.97 Å². The number of aliphatic carboxylic acids is 1. The van der Waals surface area contributed by atoms with Crippen LogP contribution in [0.2, 0.25) is 0 Å². The number of carboxylic acids is 1. The maximum atomic E-state index is 11.0. The van der Waals surface area contributed by atoms with Crippen molar-refractivity contribution in [3.05, 3.63) is 0 Å². The first-order valence-electron chi connectivity index (χ1n) is 4.04. The molecule has 0 aromatic rings. The van der Waals surface area contributed by atoms with Gasteiger partial charge < -0.3 is 15.6 Å². The van der Waals surface area contributed by atoms with E-state index in [1.807, 2.05) is 0 Å². The predicted molar refractivity (Wildman–Crippen MR) is 52.2 cm³/mol. The van der Waals surface area contributed by atoms with Gasteiger partial charge in [0.05, 0.1) is 6.61 Å². The van der Waals surface area contributed by atoms with E-state index in [1.54, 1.807) is 0 Å². The van der Waals surface area contributed by atoms with Gasteiger partial charge in [-0.3, -0.25) is 4.79 Å². The van der Waals surface area contributed by atoms with Crippen LogP contribution in [0.15, 0.2) is 0 Å². The topological polar surface area (TPSA) is 136 Å². The second kappa shape index (κ2) is 5.98. The molecule has 0 spiro atoms. The van der Waals surface area contributed by atoms with Gasteiger partial charge in [0.25, 0.3) is 10.2 Å². The Balaban J connectivity index is 4.45. The van der Waals surface area contributed by atoms with E-state index in [4.69, 9.17) is 16.0 Å². The van der Waals surface area contributed by atoms with Gasteiger partial charge in [-0.1, -0.05) is 0 Å². The van der Waals surface area contributed by atoms with Crippen LogP contribution in [0, 0.1) is 0 Å².